The van der Waals surface area contributed by atoms with Gasteiger partial charge in [0.25, 0.3) is 10.0 Å². The van der Waals surface area contributed by atoms with Crippen LogP contribution in [0.3, 0.4) is 0 Å². The Bertz CT molecular complexity index is 581. The predicted molar refractivity (Wildman–Crippen MR) is 64.4 cm³/mol. The Kier molecular flexibility index (Phi) is 3.13. The van der Waals surface area contributed by atoms with E-state index in [-0.39, 0.29) is 9.49 Å². The molecule has 0 aliphatic rings. The molecule has 0 atom stereocenters. The van der Waals surface area contributed by atoms with Gasteiger partial charge in [0.15, 0.2) is 9.49 Å². The first-order valence-corrected chi connectivity index (χ1v) is 7.01. The molecule has 2 aromatic rings. The summed E-state index contributed by atoms with van der Waals surface area (Å²) in [6.45, 7) is 0. The van der Waals surface area contributed by atoms with E-state index in [1.807, 2.05) is 0 Å². The maximum absolute atomic E-state index is 11.8. The number of nitrogens with zero attached hydrogens (tertiary/aromatic N) is 1. The van der Waals surface area contributed by atoms with Crippen molar-refractivity contribution in [3.63, 3.8) is 0 Å². The van der Waals surface area contributed by atoms with E-state index in [1.165, 1.54) is 5.38 Å². The molecule has 0 radical (unpaired) electrons. The Morgan fingerprint density at radius 3 is 2.50 bits per heavy atom. The van der Waals surface area contributed by atoms with Crippen LogP contribution in [0.15, 0.2) is 40.7 Å². The van der Waals surface area contributed by atoms with Crippen LogP contribution in [0.1, 0.15) is 0 Å². The summed E-state index contributed by atoms with van der Waals surface area (Å²) in [5.41, 5.74) is 0.492. The number of halogens is 1. The Morgan fingerprint density at radius 1 is 1.25 bits per heavy atom. The molecule has 0 aliphatic heterocycles. The van der Waals surface area contributed by atoms with Crippen molar-refractivity contribution in [2.24, 2.45) is 0 Å². The van der Waals surface area contributed by atoms with Gasteiger partial charge >= 0.3 is 0 Å². The van der Waals surface area contributed by atoms with Crippen molar-refractivity contribution in [2.45, 2.75) is 5.03 Å². The van der Waals surface area contributed by atoms with Crippen LogP contribution in [-0.2, 0) is 10.0 Å². The van der Waals surface area contributed by atoms with E-state index in [4.69, 9.17) is 11.6 Å². The van der Waals surface area contributed by atoms with E-state index in [9.17, 15) is 8.42 Å². The monoisotopic (exact) mass is 274 g/mol. The zero-order valence-electron chi connectivity index (χ0n) is 7.92. The fourth-order valence-corrected chi connectivity index (χ4v) is 3.22. The first-order valence-electron chi connectivity index (χ1n) is 4.27. The fraction of sp³-hybridized carbons (Fsp3) is 0. The number of nitrogens with one attached hydrogen (secondary N) is 1. The lowest BCUT2D eigenvalue weighted by Gasteiger charge is -2.04. The molecular weight excluding hydrogens is 268 g/mol. The van der Waals surface area contributed by atoms with Gasteiger partial charge in [-0.25, -0.2) is 4.98 Å². The molecule has 1 N–H and O–H groups in total. The molecule has 0 amide bonds. The van der Waals surface area contributed by atoms with Gasteiger partial charge in [0.1, 0.15) is 0 Å². The van der Waals surface area contributed by atoms with Crippen molar-refractivity contribution in [2.75, 3.05) is 4.72 Å². The van der Waals surface area contributed by atoms with Gasteiger partial charge in [-0.15, -0.1) is 11.3 Å². The first kappa shape index (κ1) is 11.4. The summed E-state index contributed by atoms with van der Waals surface area (Å²) in [6, 6.07) is 8.60. The molecule has 0 unspecified atom stereocenters. The number of benzene rings is 1. The van der Waals surface area contributed by atoms with E-state index in [2.05, 4.69) is 9.71 Å². The zero-order valence-corrected chi connectivity index (χ0v) is 10.3. The predicted octanol–water partition coefficient (Wildman–Crippen LogP) is 2.60. The topological polar surface area (TPSA) is 59.1 Å². The Balaban J connectivity index is 2.28. The van der Waals surface area contributed by atoms with Crippen molar-refractivity contribution in [3.05, 3.63) is 40.2 Å². The van der Waals surface area contributed by atoms with E-state index in [1.54, 1.807) is 30.3 Å². The summed E-state index contributed by atoms with van der Waals surface area (Å²) >= 11 is 6.66. The summed E-state index contributed by atoms with van der Waals surface area (Å²) in [4.78, 5) is 3.71. The molecule has 7 heteroatoms. The minimum atomic E-state index is -3.63. The third-order valence-corrected chi connectivity index (χ3v) is 4.15. The highest BCUT2D eigenvalue weighted by Gasteiger charge is 2.17. The number of hydrogen-bond acceptors (Lipinski definition) is 4. The average molecular weight is 275 g/mol. The lowest BCUT2D eigenvalue weighted by Crippen LogP contribution is -2.13. The van der Waals surface area contributed by atoms with Gasteiger partial charge in [0, 0.05) is 11.1 Å². The van der Waals surface area contributed by atoms with Crippen molar-refractivity contribution in [1.82, 2.24) is 4.98 Å². The molecule has 1 aromatic carbocycles. The fourth-order valence-electron chi connectivity index (χ4n) is 1.08. The maximum atomic E-state index is 11.8. The summed E-state index contributed by atoms with van der Waals surface area (Å²) in [5.74, 6) is 0. The van der Waals surface area contributed by atoms with Crippen molar-refractivity contribution in [1.29, 1.82) is 0 Å². The lowest BCUT2D eigenvalue weighted by molar-refractivity contribution is 0.598. The number of rotatable bonds is 3. The molecule has 4 nitrogen and oxygen atoms in total. The first-order chi connectivity index (χ1) is 7.58. The molecule has 1 heterocycles. The molecule has 0 spiro atoms. The molecule has 84 valence electrons. The SMILES string of the molecule is O=S(=O)(Nc1ccccc1)c1csc(Cl)n1. The molecule has 0 saturated heterocycles. The number of para-hydroxylation sites is 1. The van der Waals surface area contributed by atoms with Gasteiger partial charge in [0.05, 0.1) is 0 Å². The summed E-state index contributed by atoms with van der Waals surface area (Å²) in [6.07, 6.45) is 0. The Labute approximate surface area is 102 Å². The second-order valence-corrected chi connectivity index (χ2v) is 5.98. The highest BCUT2D eigenvalue weighted by Crippen LogP contribution is 2.20. The number of aromatic nitrogens is 1. The van der Waals surface area contributed by atoms with Crippen LogP contribution in [0.25, 0.3) is 0 Å². The molecule has 2 rings (SSSR count). The van der Waals surface area contributed by atoms with Crippen LogP contribution in [0, 0.1) is 0 Å². The molecule has 1 aromatic heterocycles. The van der Waals surface area contributed by atoms with Crippen LogP contribution in [-0.4, -0.2) is 13.4 Å². The van der Waals surface area contributed by atoms with Crippen LogP contribution >= 0.6 is 22.9 Å². The number of anilines is 1. The van der Waals surface area contributed by atoms with E-state index in [0.29, 0.717) is 5.69 Å². The van der Waals surface area contributed by atoms with Gasteiger partial charge in [-0.1, -0.05) is 29.8 Å². The van der Waals surface area contributed by atoms with Crippen molar-refractivity contribution < 1.29 is 8.42 Å². The molecule has 0 saturated carbocycles. The maximum Gasteiger partial charge on any atom is 0.280 e. The number of hydrogen-bond donors (Lipinski definition) is 1. The molecule has 0 bridgehead atoms. The van der Waals surface area contributed by atoms with Gasteiger partial charge in [-0.3, -0.25) is 4.72 Å². The minimum absolute atomic E-state index is 0.0636. The van der Waals surface area contributed by atoms with Crippen LogP contribution in [0.5, 0.6) is 0 Å². The van der Waals surface area contributed by atoms with Crippen LogP contribution in [0.2, 0.25) is 4.47 Å². The Hall–Kier alpha value is -1.11. The van der Waals surface area contributed by atoms with E-state index >= 15 is 0 Å². The van der Waals surface area contributed by atoms with Crippen molar-refractivity contribution >= 4 is 38.6 Å². The third-order valence-electron chi connectivity index (χ3n) is 1.76. The van der Waals surface area contributed by atoms with Gasteiger partial charge in [-0.2, -0.15) is 8.42 Å². The summed E-state index contributed by atoms with van der Waals surface area (Å²) < 4.78 is 26.2. The third kappa shape index (κ3) is 2.52. The number of thiazole rings is 1. The smallest absolute Gasteiger partial charge is 0.278 e. The standard InChI is InChI=1S/C9H7ClN2O2S2/c10-9-11-8(6-15-9)16(13,14)12-7-4-2-1-3-5-7/h1-6,12H. The highest BCUT2D eigenvalue weighted by atomic mass is 35.5. The van der Waals surface area contributed by atoms with Crippen LogP contribution < -0.4 is 4.72 Å². The highest BCUT2D eigenvalue weighted by molar-refractivity contribution is 7.92. The molecule has 0 fully saturated rings. The van der Waals surface area contributed by atoms with Gasteiger partial charge in [-0.05, 0) is 12.1 Å². The average Bonchev–Trinajstić information content (AvgIpc) is 2.66. The van der Waals surface area contributed by atoms with Gasteiger partial charge < -0.3 is 0 Å². The van der Waals surface area contributed by atoms with Crippen LogP contribution in [0.4, 0.5) is 5.69 Å². The lowest BCUT2D eigenvalue weighted by atomic mass is 10.3. The van der Waals surface area contributed by atoms with Crippen molar-refractivity contribution in [3.8, 4) is 0 Å². The minimum Gasteiger partial charge on any atom is -0.278 e. The summed E-state index contributed by atoms with van der Waals surface area (Å²) in [5, 5.41) is 1.33. The largest absolute Gasteiger partial charge is 0.280 e. The van der Waals surface area contributed by atoms with E-state index < -0.39 is 10.0 Å². The molecular formula is C9H7ClN2O2S2. The summed E-state index contributed by atoms with van der Waals surface area (Å²) in [7, 11) is -3.63. The zero-order chi connectivity index (χ0) is 11.6. The Morgan fingerprint density at radius 2 is 1.94 bits per heavy atom. The normalized spacial score (nSPS) is 11.3. The second kappa shape index (κ2) is 4.40. The quantitative estimate of drug-likeness (QED) is 0.936. The molecule has 16 heavy (non-hydrogen) atoms. The van der Waals surface area contributed by atoms with Gasteiger partial charge in [0.2, 0.25) is 0 Å². The molecule has 0 aliphatic carbocycles. The number of sulfonamides is 1. The van der Waals surface area contributed by atoms with E-state index in [0.717, 1.165) is 11.3 Å². The second-order valence-electron chi connectivity index (χ2n) is 2.91.